The Morgan fingerprint density at radius 3 is 3.00 bits per heavy atom. The number of rotatable bonds is 4. The summed E-state index contributed by atoms with van der Waals surface area (Å²) in [5.41, 5.74) is 0. The first kappa shape index (κ1) is 11.2. The fraction of sp³-hybridized carbons (Fsp3) is 0.769. The second-order valence-electron chi connectivity index (χ2n) is 5.45. The first-order valence-electron chi connectivity index (χ1n) is 6.56. The summed E-state index contributed by atoms with van der Waals surface area (Å²) < 4.78 is 7.63. The summed E-state index contributed by atoms with van der Waals surface area (Å²) in [5.74, 6) is 2.75. The number of fused-ring (bicyclic) bond motifs is 1. The normalized spacial score (nSPS) is 25.6. The average Bonchev–Trinajstić information content (AvgIpc) is 3.04. The molecule has 1 saturated carbocycles. The number of nitrogens with zero attached hydrogens (tertiary/aromatic N) is 3. The van der Waals surface area contributed by atoms with Crippen LogP contribution >= 0.6 is 0 Å². The van der Waals surface area contributed by atoms with Crippen LogP contribution in [-0.2, 0) is 17.8 Å². The molecule has 0 bridgehead atoms. The fourth-order valence-corrected chi connectivity index (χ4v) is 2.77. The summed E-state index contributed by atoms with van der Waals surface area (Å²) in [6.07, 6.45) is 6.85. The minimum Gasteiger partial charge on any atom is -0.384 e. The zero-order chi connectivity index (χ0) is 11.7. The third-order valence-electron chi connectivity index (χ3n) is 3.75. The lowest BCUT2D eigenvalue weighted by Crippen LogP contribution is -2.31. The Morgan fingerprint density at radius 2 is 2.24 bits per heavy atom. The van der Waals surface area contributed by atoms with E-state index in [1.165, 1.54) is 25.2 Å². The molecule has 0 spiro atoms. The van der Waals surface area contributed by atoms with E-state index in [2.05, 4.69) is 20.6 Å². The molecule has 1 aromatic heterocycles. The second kappa shape index (κ2) is 4.78. The molecule has 0 amide bonds. The van der Waals surface area contributed by atoms with Crippen LogP contribution in [0.25, 0.3) is 0 Å². The van der Waals surface area contributed by atoms with Crippen molar-refractivity contribution in [3.8, 4) is 0 Å². The molecule has 1 aliphatic heterocycles. The summed E-state index contributed by atoms with van der Waals surface area (Å²) in [6, 6.07) is 0. The van der Waals surface area contributed by atoms with E-state index in [0.717, 1.165) is 32.2 Å². The highest BCUT2D eigenvalue weighted by Gasteiger charge is 2.28. The van der Waals surface area contributed by atoms with E-state index in [1.54, 1.807) is 7.11 Å². The van der Waals surface area contributed by atoms with Crippen molar-refractivity contribution in [1.29, 1.82) is 0 Å². The molecule has 0 N–H and O–H groups in total. The van der Waals surface area contributed by atoms with Crippen molar-refractivity contribution in [3.63, 3.8) is 0 Å². The standard InChI is InChI=1S/C13H21N3O/c1-17-10-12-7-15(6-11-2-3-11)9-13-14-4-5-16(13)8-12/h4-5,11-12H,2-3,6-10H2,1H3/t12-/m1/s1. The Bertz CT molecular complexity index is 372. The Labute approximate surface area is 103 Å². The van der Waals surface area contributed by atoms with Gasteiger partial charge in [-0.3, -0.25) is 4.90 Å². The van der Waals surface area contributed by atoms with Crippen LogP contribution in [0.5, 0.6) is 0 Å². The van der Waals surface area contributed by atoms with Crippen LogP contribution in [0.15, 0.2) is 12.4 Å². The molecular formula is C13H21N3O. The second-order valence-corrected chi connectivity index (χ2v) is 5.45. The monoisotopic (exact) mass is 235 g/mol. The lowest BCUT2D eigenvalue weighted by Gasteiger charge is -2.23. The molecule has 1 atom stereocenters. The van der Waals surface area contributed by atoms with Gasteiger partial charge in [0.05, 0.1) is 13.2 Å². The summed E-state index contributed by atoms with van der Waals surface area (Å²) in [5, 5.41) is 0. The predicted octanol–water partition coefficient (Wildman–Crippen LogP) is 1.37. The molecule has 1 fully saturated rings. The third-order valence-corrected chi connectivity index (χ3v) is 3.75. The molecule has 2 aliphatic rings. The van der Waals surface area contributed by atoms with E-state index in [0.29, 0.717) is 5.92 Å². The van der Waals surface area contributed by atoms with Gasteiger partial charge in [-0.25, -0.2) is 4.98 Å². The molecule has 94 valence electrons. The molecule has 4 nitrogen and oxygen atoms in total. The van der Waals surface area contributed by atoms with Crippen LogP contribution in [0, 0.1) is 11.8 Å². The van der Waals surface area contributed by atoms with Crippen LogP contribution in [0.4, 0.5) is 0 Å². The maximum absolute atomic E-state index is 5.34. The van der Waals surface area contributed by atoms with Gasteiger partial charge < -0.3 is 9.30 Å². The topological polar surface area (TPSA) is 30.3 Å². The molecule has 1 aliphatic carbocycles. The lowest BCUT2D eigenvalue weighted by atomic mass is 10.1. The van der Waals surface area contributed by atoms with Gasteiger partial charge in [-0.1, -0.05) is 0 Å². The largest absolute Gasteiger partial charge is 0.384 e. The maximum atomic E-state index is 5.34. The molecule has 2 heterocycles. The SMILES string of the molecule is COC[C@@H]1CN(CC2CC2)Cc2nccn2C1. The number of methoxy groups -OCH3 is 1. The fourth-order valence-electron chi connectivity index (χ4n) is 2.77. The smallest absolute Gasteiger partial charge is 0.122 e. The number of aromatic nitrogens is 2. The average molecular weight is 235 g/mol. The van der Waals surface area contributed by atoms with Crippen LogP contribution in [-0.4, -0.2) is 41.3 Å². The third kappa shape index (κ3) is 2.69. The molecule has 0 unspecified atom stereocenters. The van der Waals surface area contributed by atoms with E-state index in [-0.39, 0.29) is 0 Å². The van der Waals surface area contributed by atoms with Gasteiger partial charge >= 0.3 is 0 Å². The van der Waals surface area contributed by atoms with Crippen molar-refractivity contribution in [2.45, 2.75) is 25.9 Å². The summed E-state index contributed by atoms with van der Waals surface area (Å²) in [7, 11) is 1.80. The number of hydrogen-bond donors (Lipinski definition) is 0. The van der Waals surface area contributed by atoms with Crippen LogP contribution in [0.2, 0.25) is 0 Å². The van der Waals surface area contributed by atoms with Gasteiger partial charge in [0.25, 0.3) is 0 Å². The van der Waals surface area contributed by atoms with Crippen molar-refractivity contribution in [2.75, 3.05) is 26.8 Å². The maximum Gasteiger partial charge on any atom is 0.122 e. The Kier molecular flexibility index (Phi) is 3.16. The molecule has 17 heavy (non-hydrogen) atoms. The van der Waals surface area contributed by atoms with Gasteiger partial charge in [0.2, 0.25) is 0 Å². The van der Waals surface area contributed by atoms with E-state index in [9.17, 15) is 0 Å². The van der Waals surface area contributed by atoms with Gasteiger partial charge in [0.1, 0.15) is 5.82 Å². The first-order chi connectivity index (χ1) is 8.35. The highest BCUT2D eigenvalue weighted by Crippen LogP contribution is 2.31. The van der Waals surface area contributed by atoms with Crippen molar-refractivity contribution in [3.05, 3.63) is 18.2 Å². The zero-order valence-corrected chi connectivity index (χ0v) is 10.5. The summed E-state index contributed by atoms with van der Waals surface area (Å²) >= 11 is 0. The van der Waals surface area contributed by atoms with Gasteiger partial charge in [0, 0.05) is 45.1 Å². The molecule has 0 radical (unpaired) electrons. The predicted molar refractivity (Wildman–Crippen MR) is 65.6 cm³/mol. The molecular weight excluding hydrogens is 214 g/mol. The minimum absolute atomic E-state index is 0.592. The highest BCUT2D eigenvalue weighted by molar-refractivity contribution is 4.96. The molecule has 1 aromatic rings. The minimum atomic E-state index is 0.592. The quantitative estimate of drug-likeness (QED) is 0.789. The number of imidazole rings is 1. The van der Waals surface area contributed by atoms with Gasteiger partial charge in [-0.15, -0.1) is 0 Å². The van der Waals surface area contributed by atoms with Gasteiger partial charge in [-0.05, 0) is 18.8 Å². The number of hydrogen-bond acceptors (Lipinski definition) is 3. The van der Waals surface area contributed by atoms with Crippen LogP contribution in [0.3, 0.4) is 0 Å². The van der Waals surface area contributed by atoms with E-state index >= 15 is 0 Å². The number of ether oxygens (including phenoxy) is 1. The van der Waals surface area contributed by atoms with Gasteiger partial charge in [0.15, 0.2) is 0 Å². The molecule has 4 heteroatoms. The molecule has 0 saturated heterocycles. The van der Waals surface area contributed by atoms with E-state index in [1.807, 2.05) is 6.20 Å². The highest BCUT2D eigenvalue weighted by atomic mass is 16.5. The Morgan fingerprint density at radius 1 is 1.35 bits per heavy atom. The molecule has 3 rings (SSSR count). The van der Waals surface area contributed by atoms with Crippen molar-refractivity contribution < 1.29 is 4.74 Å². The van der Waals surface area contributed by atoms with E-state index < -0.39 is 0 Å². The summed E-state index contributed by atoms with van der Waals surface area (Å²) in [4.78, 5) is 7.03. The summed E-state index contributed by atoms with van der Waals surface area (Å²) in [6.45, 7) is 5.29. The van der Waals surface area contributed by atoms with Gasteiger partial charge in [-0.2, -0.15) is 0 Å². The Hall–Kier alpha value is -0.870. The first-order valence-corrected chi connectivity index (χ1v) is 6.56. The zero-order valence-electron chi connectivity index (χ0n) is 10.5. The van der Waals surface area contributed by atoms with Crippen LogP contribution < -0.4 is 0 Å². The van der Waals surface area contributed by atoms with Crippen molar-refractivity contribution >= 4 is 0 Å². The van der Waals surface area contributed by atoms with Crippen molar-refractivity contribution in [2.24, 2.45) is 11.8 Å². The lowest BCUT2D eigenvalue weighted by molar-refractivity contribution is 0.116. The van der Waals surface area contributed by atoms with Crippen molar-refractivity contribution in [1.82, 2.24) is 14.5 Å². The Balaban J connectivity index is 1.72. The molecule has 0 aromatic carbocycles. The van der Waals surface area contributed by atoms with E-state index in [4.69, 9.17) is 4.74 Å². The van der Waals surface area contributed by atoms with Crippen LogP contribution in [0.1, 0.15) is 18.7 Å².